The normalized spacial score (nSPS) is 10.4. The van der Waals surface area contributed by atoms with Gasteiger partial charge in [0.05, 0.1) is 25.6 Å². The lowest BCUT2D eigenvalue weighted by molar-refractivity contribution is 0.277. The van der Waals surface area contributed by atoms with Crippen LogP contribution in [0.4, 0.5) is 0 Å². The molecule has 0 aliphatic carbocycles. The molecule has 0 atom stereocenters. The summed E-state index contributed by atoms with van der Waals surface area (Å²) in [5.74, 6) is 1.07. The molecule has 2 aromatic rings. The van der Waals surface area contributed by atoms with Gasteiger partial charge in [0.25, 0.3) is 0 Å². The predicted molar refractivity (Wildman–Crippen MR) is 58.2 cm³/mol. The van der Waals surface area contributed by atoms with E-state index in [0.29, 0.717) is 17.3 Å². The van der Waals surface area contributed by atoms with Gasteiger partial charge < -0.3 is 19.9 Å². The van der Waals surface area contributed by atoms with Crippen LogP contribution in [0, 0.1) is 0 Å². The molecule has 0 aliphatic heterocycles. The molecule has 0 saturated heterocycles. The molecule has 3 N–H and O–H groups in total. The Kier molecular flexibility index (Phi) is 2.78. The van der Waals surface area contributed by atoms with Crippen LogP contribution in [-0.4, -0.2) is 27.3 Å². The fourth-order valence-corrected chi connectivity index (χ4v) is 1.42. The van der Waals surface area contributed by atoms with Gasteiger partial charge in [-0.15, -0.1) is 0 Å². The number of H-pyrrole nitrogens is 1. The fraction of sp³-hybridized carbons (Fsp3) is 0.182. The first-order chi connectivity index (χ1) is 7.74. The summed E-state index contributed by atoms with van der Waals surface area (Å²) in [5.41, 5.74) is 1.36. The first-order valence-corrected chi connectivity index (χ1v) is 4.76. The average Bonchev–Trinajstić information content (AvgIpc) is 2.77. The number of benzene rings is 1. The molecule has 0 spiro atoms. The molecule has 1 heterocycles. The molecule has 1 aromatic heterocycles. The first kappa shape index (κ1) is 10.5. The summed E-state index contributed by atoms with van der Waals surface area (Å²) in [7, 11) is 1.49. The van der Waals surface area contributed by atoms with Gasteiger partial charge in [0, 0.05) is 5.56 Å². The lowest BCUT2D eigenvalue weighted by Crippen LogP contribution is -1.86. The van der Waals surface area contributed by atoms with E-state index in [4.69, 9.17) is 9.84 Å². The van der Waals surface area contributed by atoms with Crippen molar-refractivity contribution in [3.05, 3.63) is 30.1 Å². The molecule has 0 aliphatic rings. The van der Waals surface area contributed by atoms with Crippen LogP contribution in [0.1, 0.15) is 5.69 Å². The quantitative estimate of drug-likeness (QED) is 0.728. The fourth-order valence-electron chi connectivity index (χ4n) is 1.42. The summed E-state index contributed by atoms with van der Waals surface area (Å²) in [5, 5.41) is 18.5. The van der Waals surface area contributed by atoms with Gasteiger partial charge in [-0.1, -0.05) is 0 Å². The molecule has 5 nitrogen and oxygen atoms in total. The van der Waals surface area contributed by atoms with Crippen molar-refractivity contribution in [2.45, 2.75) is 6.61 Å². The highest BCUT2D eigenvalue weighted by molar-refractivity contribution is 5.60. The van der Waals surface area contributed by atoms with Gasteiger partial charge in [0.2, 0.25) is 0 Å². The van der Waals surface area contributed by atoms with Gasteiger partial charge in [0.15, 0.2) is 11.5 Å². The monoisotopic (exact) mass is 220 g/mol. The van der Waals surface area contributed by atoms with Gasteiger partial charge in [-0.05, 0) is 18.2 Å². The summed E-state index contributed by atoms with van der Waals surface area (Å²) in [6, 6.07) is 4.99. The van der Waals surface area contributed by atoms with Crippen LogP contribution in [0.15, 0.2) is 24.4 Å². The highest BCUT2D eigenvalue weighted by Gasteiger charge is 2.07. The van der Waals surface area contributed by atoms with Gasteiger partial charge >= 0.3 is 0 Å². The molecule has 0 fully saturated rings. The van der Waals surface area contributed by atoms with Crippen LogP contribution in [0.5, 0.6) is 11.5 Å². The van der Waals surface area contributed by atoms with E-state index in [1.807, 2.05) is 0 Å². The molecule has 0 saturated carbocycles. The molecule has 2 rings (SSSR count). The number of hydrogen-bond donors (Lipinski definition) is 3. The van der Waals surface area contributed by atoms with Crippen molar-refractivity contribution in [2.75, 3.05) is 7.11 Å². The van der Waals surface area contributed by atoms with Crippen molar-refractivity contribution in [3.8, 4) is 22.9 Å². The van der Waals surface area contributed by atoms with E-state index in [2.05, 4.69) is 9.97 Å². The Morgan fingerprint density at radius 2 is 2.25 bits per heavy atom. The third kappa shape index (κ3) is 1.85. The van der Waals surface area contributed by atoms with E-state index in [1.54, 1.807) is 24.4 Å². The number of aromatic amines is 1. The minimum atomic E-state index is -0.0882. The lowest BCUT2D eigenvalue weighted by Gasteiger charge is -2.04. The zero-order valence-corrected chi connectivity index (χ0v) is 8.77. The van der Waals surface area contributed by atoms with Gasteiger partial charge in [-0.2, -0.15) is 0 Å². The van der Waals surface area contributed by atoms with Crippen LogP contribution in [0.3, 0.4) is 0 Å². The summed E-state index contributed by atoms with van der Waals surface area (Å²) in [6.45, 7) is -0.0882. The Labute approximate surface area is 92.3 Å². The highest BCUT2D eigenvalue weighted by Crippen LogP contribution is 2.29. The number of ether oxygens (including phenoxy) is 1. The number of aliphatic hydroxyl groups excluding tert-OH is 1. The number of nitrogens with zero attached hydrogens (tertiary/aromatic N) is 1. The Hall–Kier alpha value is -2.01. The maximum absolute atomic E-state index is 9.60. The Balaban J connectivity index is 2.37. The maximum atomic E-state index is 9.60. The number of imidazole rings is 1. The van der Waals surface area contributed by atoms with Crippen molar-refractivity contribution >= 4 is 0 Å². The molecule has 1 aromatic carbocycles. The summed E-state index contributed by atoms with van der Waals surface area (Å²) in [6.07, 6.45) is 1.55. The van der Waals surface area contributed by atoms with E-state index in [1.165, 1.54) is 7.11 Å². The van der Waals surface area contributed by atoms with E-state index >= 15 is 0 Å². The number of hydrogen-bond acceptors (Lipinski definition) is 4. The van der Waals surface area contributed by atoms with Crippen molar-refractivity contribution in [3.63, 3.8) is 0 Å². The van der Waals surface area contributed by atoms with Crippen LogP contribution < -0.4 is 4.74 Å². The second-order valence-corrected chi connectivity index (χ2v) is 3.30. The molecular formula is C11H12N2O3. The van der Waals surface area contributed by atoms with Gasteiger partial charge in [0.1, 0.15) is 5.82 Å². The second-order valence-electron chi connectivity index (χ2n) is 3.30. The van der Waals surface area contributed by atoms with E-state index in [-0.39, 0.29) is 12.4 Å². The lowest BCUT2D eigenvalue weighted by atomic mass is 10.2. The Morgan fingerprint density at radius 3 is 2.81 bits per heavy atom. The molecule has 16 heavy (non-hydrogen) atoms. The van der Waals surface area contributed by atoms with E-state index in [0.717, 1.165) is 5.56 Å². The largest absolute Gasteiger partial charge is 0.504 e. The Bertz CT molecular complexity index is 494. The maximum Gasteiger partial charge on any atom is 0.160 e. The van der Waals surface area contributed by atoms with E-state index in [9.17, 15) is 5.11 Å². The Morgan fingerprint density at radius 1 is 1.44 bits per heavy atom. The second kappa shape index (κ2) is 4.24. The summed E-state index contributed by atoms with van der Waals surface area (Å²) >= 11 is 0. The van der Waals surface area contributed by atoms with Crippen LogP contribution in [-0.2, 0) is 6.61 Å². The SMILES string of the molecule is COc1ccc(-c2ncc(CO)[nH]2)cc1O. The van der Waals surface area contributed by atoms with Crippen molar-refractivity contribution in [1.82, 2.24) is 9.97 Å². The molecule has 0 unspecified atom stereocenters. The third-order valence-electron chi connectivity index (χ3n) is 2.25. The molecule has 84 valence electrons. The predicted octanol–water partition coefficient (Wildman–Crippen LogP) is 1.28. The molecule has 0 amide bonds. The molecular weight excluding hydrogens is 208 g/mol. The smallest absolute Gasteiger partial charge is 0.160 e. The molecule has 0 radical (unpaired) electrons. The zero-order chi connectivity index (χ0) is 11.5. The number of aromatic hydroxyl groups is 1. The number of aromatic nitrogens is 2. The third-order valence-corrected chi connectivity index (χ3v) is 2.25. The van der Waals surface area contributed by atoms with Crippen molar-refractivity contribution in [1.29, 1.82) is 0 Å². The van der Waals surface area contributed by atoms with Crippen LogP contribution in [0.2, 0.25) is 0 Å². The van der Waals surface area contributed by atoms with E-state index < -0.39 is 0 Å². The summed E-state index contributed by atoms with van der Waals surface area (Å²) < 4.78 is 4.94. The van der Waals surface area contributed by atoms with Crippen LogP contribution >= 0.6 is 0 Å². The number of aliphatic hydroxyl groups is 1. The standard InChI is InChI=1S/C11H12N2O3/c1-16-10-3-2-7(4-9(10)15)11-12-5-8(6-14)13-11/h2-5,14-15H,6H2,1H3,(H,12,13). The number of phenolic OH excluding ortho intramolecular Hbond substituents is 1. The minimum Gasteiger partial charge on any atom is -0.504 e. The first-order valence-electron chi connectivity index (χ1n) is 4.76. The number of nitrogens with one attached hydrogen (secondary N) is 1. The number of rotatable bonds is 3. The van der Waals surface area contributed by atoms with Gasteiger partial charge in [-0.3, -0.25) is 0 Å². The summed E-state index contributed by atoms with van der Waals surface area (Å²) in [4.78, 5) is 7.02. The minimum absolute atomic E-state index is 0.0574. The van der Waals surface area contributed by atoms with Crippen molar-refractivity contribution < 1.29 is 14.9 Å². The molecule has 5 heteroatoms. The highest BCUT2D eigenvalue weighted by atomic mass is 16.5. The number of methoxy groups -OCH3 is 1. The topological polar surface area (TPSA) is 78.4 Å². The van der Waals surface area contributed by atoms with Crippen molar-refractivity contribution in [2.24, 2.45) is 0 Å². The zero-order valence-electron chi connectivity index (χ0n) is 8.77. The van der Waals surface area contributed by atoms with Gasteiger partial charge in [-0.25, -0.2) is 4.98 Å². The average molecular weight is 220 g/mol. The molecule has 0 bridgehead atoms. The number of phenols is 1. The van der Waals surface area contributed by atoms with Crippen LogP contribution in [0.25, 0.3) is 11.4 Å².